The summed E-state index contributed by atoms with van der Waals surface area (Å²) in [6.07, 6.45) is 0. The van der Waals surface area contributed by atoms with Crippen LogP contribution in [0.1, 0.15) is 17.0 Å². The van der Waals surface area contributed by atoms with Gasteiger partial charge in [-0.15, -0.1) is 0 Å². The van der Waals surface area contributed by atoms with Crippen molar-refractivity contribution >= 4 is 15.9 Å². The van der Waals surface area contributed by atoms with E-state index in [2.05, 4.69) is 33.2 Å². The molecule has 1 aromatic heterocycles. The van der Waals surface area contributed by atoms with E-state index in [1.165, 1.54) is 0 Å². The van der Waals surface area contributed by atoms with Crippen LogP contribution in [0.15, 0.2) is 27.1 Å². The molecule has 16 heavy (non-hydrogen) atoms. The standard InChI is InChI=1S/C12H11BrN2O/c1-7-8(3-2-4-9(7)13)12-15-10-5-14-6-11(10)16-12/h2-4,14H,5-6H2,1H3. The first-order valence-corrected chi connectivity index (χ1v) is 6.00. The van der Waals surface area contributed by atoms with Crippen LogP contribution in [0.5, 0.6) is 0 Å². The Bertz CT molecular complexity index is 526. The summed E-state index contributed by atoms with van der Waals surface area (Å²) in [5.74, 6) is 1.69. The normalized spacial score (nSPS) is 14.1. The van der Waals surface area contributed by atoms with Crippen molar-refractivity contribution in [3.63, 3.8) is 0 Å². The van der Waals surface area contributed by atoms with Crippen LogP contribution in [-0.4, -0.2) is 4.98 Å². The Morgan fingerprint density at radius 1 is 1.38 bits per heavy atom. The zero-order chi connectivity index (χ0) is 11.1. The van der Waals surface area contributed by atoms with Gasteiger partial charge in [-0.25, -0.2) is 4.98 Å². The smallest absolute Gasteiger partial charge is 0.226 e. The number of nitrogens with zero attached hydrogens (tertiary/aromatic N) is 1. The highest BCUT2D eigenvalue weighted by Crippen LogP contribution is 2.30. The number of aromatic nitrogens is 1. The summed E-state index contributed by atoms with van der Waals surface area (Å²) in [4.78, 5) is 4.51. The van der Waals surface area contributed by atoms with Crippen LogP contribution in [0.2, 0.25) is 0 Å². The zero-order valence-electron chi connectivity index (χ0n) is 8.88. The van der Waals surface area contributed by atoms with Crippen LogP contribution in [0.4, 0.5) is 0 Å². The lowest BCUT2D eigenvalue weighted by molar-refractivity contribution is 0.510. The van der Waals surface area contributed by atoms with Gasteiger partial charge in [0, 0.05) is 16.6 Å². The molecule has 2 heterocycles. The minimum atomic E-state index is 0.727. The second kappa shape index (κ2) is 3.71. The number of fused-ring (bicyclic) bond motifs is 1. The average molecular weight is 279 g/mol. The molecule has 0 saturated carbocycles. The fourth-order valence-electron chi connectivity index (χ4n) is 1.91. The van der Waals surface area contributed by atoms with Gasteiger partial charge in [0.1, 0.15) is 5.76 Å². The Morgan fingerprint density at radius 2 is 2.25 bits per heavy atom. The van der Waals surface area contributed by atoms with Gasteiger partial charge in [0.25, 0.3) is 0 Å². The lowest BCUT2D eigenvalue weighted by Crippen LogP contribution is -2.02. The van der Waals surface area contributed by atoms with Crippen molar-refractivity contribution in [2.24, 2.45) is 0 Å². The summed E-state index contributed by atoms with van der Waals surface area (Å²) < 4.78 is 6.84. The highest BCUT2D eigenvalue weighted by molar-refractivity contribution is 9.10. The van der Waals surface area contributed by atoms with Gasteiger partial charge >= 0.3 is 0 Å². The molecule has 3 rings (SSSR count). The van der Waals surface area contributed by atoms with Crippen LogP contribution in [0.25, 0.3) is 11.5 Å². The predicted octanol–water partition coefficient (Wildman–Crippen LogP) is 3.02. The van der Waals surface area contributed by atoms with Crippen molar-refractivity contribution in [2.75, 3.05) is 0 Å². The lowest BCUT2D eigenvalue weighted by atomic mass is 10.1. The minimum absolute atomic E-state index is 0.727. The van der Waals surface area contributed by atoms with Crippen LogP contribution in [0, 0.1) is 6.92 Å². The van der Waals surface area contributed by atoms with Gasteiger partial charge in [-0.1, -0.05) is 22.0 Å². The third-order valence-corrected chi connectivity index (χ3v) is 3.71. The molecule has 1 N–H and O–H groups in total. The van der Waals surface area contributed by atoms with Gasteiger partial charge in [-0.05, 0) is 24.6 Å². The van der Waals surface area contributed by atoms with E-state index >= 15 is 0 Å². The number of oxazole rings is 1. The first kappa shape index (κ1) is 10.1. The number of benzene rings is 1. The van der Waals surface area contributed by atoms with Crippen molar-refractivity contribution < 1.29 is 4.42 Å². The molecular formula is C12H11BrN2O. The van der Waals surface area contributed by atoms with Gasteiger partial charge in [-0.3, -0.25) is 0 Å². The molecule has 3 nitrogen and oxygen atoms in total. The van der Waals surface area contributed by atoms with Gasteiger partial charge in [0.05, 0.1) is 12.2 Å². The Labute approximate surface area is 102 Å². The molecule has 1 aromatic carbocycles. The zero-order valence-corrected chi connectivity index (χ0v) is 10.5. The van der Waals surface area contributed by atoms with E-state index in [1.54, 1.807) is 0 Å². The Hall–Kier alpha value is -1.13. The van der Waals surface area contributed by atoms with E-state index in [9.17, 15) is 0 Å². The molecule has 0 radical (unpaired) electrons. The molecule has 0 fully saturated rings. The first-order chi connectivity index (χ1) is 7.75. The van der Waals surface area contributed by atoms with Gasteiger partial charge in [0.15, 0.2) is 0 Å². The summed E-state index contributed by atoms with van der Waals surface area (Å²) >= 11 is 3.52. The first-order valence-electron chi connectivity index (χ1n) is 5.20. The molecular weight excluding hydrogens is 268 g/mol. The summed E-state index contributed by atoms with van der Waals surface area (Å²) in [5, 5.41) is 3.21. The van der Waals surface area contributed by atoms with Crippen molar-refractivity contribution in [3.05, 3.63) is 39.7 Å². The van der Waals surface area contributed by atoms with E-state index in [0.717, 1.165) is 46.0 Å². The van der Waals surface area contributed by atoms with Crippen molar-refractivity contribution in [1.29, 1.82) is 0 Å². The highest BCUT2D eigenvalue weighted by atomic mass is 79.9. The number of rotatable bonds is 1. The molecule has 0 atom stereocenters. The van der Waals surface area contributed by atoms with Crippen molar-refractivity contribution in [3.8, 4) is 11.5 Å². The summed E-state index contributed by atoms with van der Waals surface area (Å²) in [5.41, 5.74) is 3.26. The number of hydrogen-bond donors (Lipinski definition) is 1. The third-order valence-electron chi connectivity index (χ3n) is 2.85. The number of nitrogens with one attached hydrogen (secondary N) is 1. The average Bonchev–Trinajstić information content (AvgIpc) is 2.81. The highest BCUT2D eigenvalue weighted by Gasteiger charge is 2.19. The Kier molecular flexibility index (Phi) is 2.33. The second-order valence-corrected chi connectivity index (χ2v) is 4.76. The van der Waals surface area contributed by atoms with Crippen LogP contribution < -0.4 is 5.32 Å². The van der Waals surface area contributed by atoms with Crippen molar-refractivity contribution in [2.45, 2.75) is 20.0 Å². The molecule has 4 heteroatoms. The Morgan fingerprint density at radius 3 is 3.06 bits per heavy atom. The maximum Gasteiger partial charge on any atom is 0.226 e. The topological polar surface area (TPSA) is 38.1 Å². The molecule has 0 amide bonds. The lowest BCUT2D eigenvalue weighted by Gasteiger charge is -2.03. The molecule has 0 unspecified atom stereocenters. The molecule has 1 aliphatic heterocycles. The van der Waals surface area contributed by atoms with E-state index in [-0.39, 0.29) is 0 Å². The monoisotopic (exact) mass is 278 g/mol. The molecule has 0 saturated heterocycles. The fourth-order valence-corrected chi connectivity index (χ4v) is 2.27. The number of hydrogen-bond acceptors (Lipinski definition) is 3. The molecule has 82 valence electrons. The largest absolute Gasteiger partial charge is 0.439 e. The number of halogens is 1. The van der Waals surface area contributed by atoms with Crippen LogP contribution in [0.3, 0.4) is 0 Å². The van der Waals surface area contributed by atoms with E-state index < -0.39 is 0 Å². The fraction of sp³-hybridized carbons (Fsp3) is 0.250. The maximum absolute atomic E-state index is 5.75. The molecule has 0 spiro atoms. The summed E-state index contributed by atoms with van der Waals surface area (Å²) in [6, 6.07) is 6.06. The molecule has 2 aromatic rings. The molecule has 0 aliphatic carbocycles. The molecule has 0 bridgehead atoms. The maximum atomic E-state index is 5.75. The SMILES string of the molecule is Cc1c(Br)cccc1-c1nc2c(o1)CNC2. The van der Waals surface area contributed by atoms with E-state index in [0.29, 0.717) is 0 Å². The van der Waals surface area contributed by atoms with Crippen molar-refractivity contribution in [1.82, 2.24) is 10.3 Å². The van der Waals surface area contributed by atoms with Gasteiger partial charge in [0.2, 0.25) is 5.89 Å². The van der Waals surface area contributed by atoms with Crippen LogP contribution >= 0.6 is 15.9 Å². The Balaban J connectivity index is 2.12. The molecule has 1 aliphatic rings. The minimum Gasteiger partial charge on any atom is -0.439 e. The summed E-state index contributed by atoms with van der Waals surface area (Å²) in [7, 11) is 0. The van der Waals surface area contributed by atoms with Gasteiger partial charge in [-0.2, -0.15) is 0 Å². The third kappa shape index (κ3) is 1.49. The second-order valence-electron chi connectivity index (χ2n) is 3.90. The quantitative estimate of drug-likeness (QED) is 0.872. The predicted molar refractivity (Wildman–Crippen MR) is 64.9 cm³/mol. The van der Waals surface area contributed by atoms with E-state index in [1.807, 2.05) is 18.2 Å². The summed E-state index contributed by atoms with van der Waals surface area (Å²) in [6.45, 7) is 3.66. The van der Waals surface area contributed by atoms with Gasteiger partial charge < -0.3 is 9.73 Å². The van der Waals surface area contributed by atoms with E-state index in [4.69, 9.17) is 4.42 Å². The van der Waals surface area contributed by atoms with Crippen LogP contribution in [-0.2, 0) is 13.1 Å².